The Balaban J connectivity index is 2.02. The third-order valence-electron chi connectivity index (χ3n) is 4.34. The van der Waals surface area contributed by atoms with E-state index in [1.54, 1.807) is 12.2 Å². The molecule has 1 N–H and O–H groups in total. The fraction of sp³-hybridized carbons (Fsp3) is 0.150. The molecule has 1 saturated heterocycles. The topological polar surface area (TPSA) is 54.3 Å². The summed E-state index contributed by atoms with van der Waals surface area (Å²) in [6.45, 7) is 7.97. The van der Waals surface area contributed by atoms with Gasteiger partial charge in [0.25, 0.3) is 11.8 Å². The number of hydrogen-bond donors (Lipinski definition) is 1. The van der Waals surface area contributed by atoms with Crippen molar-refractivity contribution in [3.05, 3.63) is 71.6 Å². The summed E-state index contributed by atoms with van der Waals surface area (Å²) in [7, 11) is 0. The fourth-order valence-corrected chi connectivity index (χ4v) is 3.01. The standard InChI is InChI=1S/C20H19N3O2S/c1-4-9-23-19(25)17(18(24)21-20(23)26)12-15-6-5-10-22(15)16-8-7-13(2)14(3)11-16/h4-8,10-12H,1,9H2,2-3H3,(H,21,24,26)/b17-12+. The van der Waals surface area contributed by atoms with Crippen molar-refractivity contribution >= 4 is 35.2 Å². The molecule has 0 bridgehead atoms. The Kier molecular flexibility index (Phi) is 4.86. The van der Waals surface area contributed by atoms with Crippen molar-refractivity contribution in [2.24, 2.45) is 0 Å². The number of benzene rings is 1. The van der Waals surface area contributed by atoms with Crippen molar-refractivity contribution in [3.8, 4) is 5.69 Å². The predicted molar refractivity (Wildman–Crippen MR) is 106 cm³/mol. The summed E-state index contributed by atoms with van der Waals surface area (Å²) < 4.78 is 1.94. The summed E-state index contributed by atoms with van der Waals surface area (Å²) in [4.78, 5) is 26.3. The lowest BCUT2D eigenvalue weighted by Gasteiger charge is -2.27. The maximum Gasteiger partial charge on any atom is 0.266 e. The minimum Gasteiger partial charge on any atom is -0.317 e. The first kappa shape index (κ1) is 17.8. The van der Waals surface area contributed by atoms with E-state index in [-0.39, 0.29) is 17.2 Å². The van der Waals surface area contributed by atoms with Gasteiger partial charge in [-0.15, -0.1) is 6.58 Å². The molecule has 0 aliphatic carbocycles. The molecule has 1 aliphatic heterocycles. The Hall–Kier alpha value is -2.99. The maximum atomic E-state index is 12.7. The Morgan fingerprint density at radius 1 is 1.19 bits per heavy atom. The Bertz CT molecular complexity index is 956. The monoisotopic (exact) mass is 365 g/mol. The van der Waals surface area contributed by atoms with Crippen LogP contribution in [0.5, 0.6) is 0 Å². The lowest BCUT2D eigenvalue weighted by atomic mass is 10.1. The highest BCUT2D eigenvalue weighted by Crippen LogP contribution is 2.20. The summed E-state index contributed by atoms with van der Waals surface area (Å²) >= 11 is 5.07. The van der Waals surface area contributed by atoms with Crippen LogP contribution in [0, 0.1) is 13.8 Å². The summed E-state index contributed by atoms with van der Waals surface area (Å²) in [5.41, 5.74) is 4.12. The van der Waals surface area contributed by atoms with Gasteiger partial charge in [0.15, 0.2) is 5.11 Å². The lowest BCUT2D eigenvalue weighted by Crippen LogP contribution is -2.53. The van der Waals surface area contributed by atoms with Crippen LogP contribution in [0.25, 0.3) is 11.8 Å². The van der Waals surface area contributed by atoms with Crippen LogP contribution >= 0.6 is 12.2 Å². The number of carbonyl (C=O) groups is 2. The first-order valence-corrected chi connectivity index (χ1v) is 8.58. The van der Waals surface area contributed by atoms with E-state index in [2.05, 4.69) is 24.9 Å². The zero-order valence-electron chi connectivity index (χ0n) is 14.7. The van der Waals surface area contributed by atoms with Gasteiger partial charge in [-0.2, -0.15) is 0 Å². The molecule has 0 radical (unpaired) electrons. The third-order valence-corrected chi connectivity index (χ3v) is 4.66. The van der Waals surface area contributed by atoms with Gasteiger partial charge in [0.05, 0.1) is 0 Å². The van der Waals surface area contributed by atoms with E-state index >= 15 is 0 Å². The number of amides is 2. The molecule has 3 rings (SSSR count). The molecule has 0 atom stereocenters. The molecule has 132 valence electrons. The van der Waals surface area contributed by atoms with Crippen molar-refractivity contribution in [3.63, 3.8) is 0 Å². The smallest absolute Gasteiger partial charge is 0.266 e. The predicted octanol–water partition coefficient (Wildman–Crippen LogP) is 2.91. The number of aryl methyl sites for hydroxylation is 2. The second-order valence-electron chi connectivity index (χ2n) is 6.09. The molecule has 0 spiro atoms. The number of thiocarbonyl (C=S) groups is 1. The van der Waals surface area contributed by atoms with E-state index in [0.29, 0.717) is 0 Å². The van der Waals surface area contributed by atoms with Crippen molar-refractivity contribution in [2.75, 3.05) is 6.54 Å². The van der Waals surface area contributed by atoms with Gasteiger partial charge in [0.2, 0.25) is 0 Å². The van der Waals surface area contributed by atoms with Crippen molar-refractivity contribution in [2.45, 2.75) is 13.8 Å². The van der Waals surface area contributed by atoms with E-state index in [1.807, 2.05) is 42.0 Å². The first-order chi connectivity index (χ1) is 12.4. The minimum absolute atomic E-state index is 0.0456. The average molecular weight is 365 g/mol. The highest BCUT2D eigenvalue weighted by atomic mass is 32.1. The number of hydrogen-bond acceptors (Lipinski definition) is 3. The van der Waals surface area contributed by atoms with Crippen LogP contribution < -0.4 is 5.32 Å². The summed E-state index contributed by atoms with van der Waals surface area (Å²) in [6.07, 6.45) is 5.05. The highest BCUT2D eigenvalue weighted by Gasteiger charge is 2.32. The van der Waals surface area contributed by atoms with Gasteiger partial charge in [0.1, 0.15) is 5.57 Å². The van der Waals surface area contributed by atoms with Crippen LogP contribution in [-0.2, 0) is 9.59 Å². The zero-order chi connectivity index (χ0) is 18.8. The van der Waals surface area contributed by atoms with Gasteiger partial charge in [0, 0.05) is 24.1 Å². The van der Waals surface area contributed by atoms with Gasteiger partial charge in [-0.05, 0) is 67.5 Å². The van der Waals surface area contributed by atoms with Gasteiger partial charge >= 0.3 is 0 Å². The van der Waals surface area contributed by atoms with E-state index in [9.17, 15) is 9.59 Å². The largest absolute Gasteiger partial charge is 0.317 e. The van der Waals surface area contributed by atoms with Crippen molar-refractivity contribution < 1.29 is 9.59 Å². The van der Waals surface area contributed by atoms with Crippen molar-refractivity contribution in [1.29, 1.82) is 0 Å². The SMILES string of the molecule is C=CCN1C(=O)/C(=C/c2cccn2-c2ccc(C)c(C)c2)C(=O)NC1=S. The summed E-state index contributed by atoms with van der Waals surface area (Å²) in [5, 5.41) is 2.65. The normalized spacial score (nSPS) is 16.2. The van der Waals surface area contributed by atoms with Gasteiger partial charge in [-0.1, -0.05) is 12.1 Å². The van der Waals surface area contributed by atoms with E-state index < -0.39 is 11.8 Å². The van der Waals surface area contributed by atoms with Crippen LogP contribution in [0.2, 0.25) is 0 Å². The molecule has 26 heavy (non-hydrogen) atoms. The van der Waals surface area contributed by atoms with Crippen LogP contribution in [0.1, 0.15) is 16.8 Å². The third kappa shape index (κ3) is 3.23. The first-order valence-electron chi connectivity index (χ1n) is 8.17. The Labute approximate surface area is 157 Å². The van der Waals surface area contributed by atoms with E-state index in [1.165, 1.54) is 16.0 Å². The summed E-state index contributed by atoms with van der Waals surface area (Å²) in [5.74, 6) is -0.917. The maximum absolute atomic E-state index is 12.7. The lowest BCUT2D eigenvalue weighted by molar-refractivity contribution is -0.128. The molecule has 1 aliphatic rings. The van der Waals surface area contributed by atoms with E-state index in [4.69, 9.17) is 12.2 Å². The molecule has 1 fully saturated rings. The van der Waals surface area contributed by atoms with Gasteiger partial charge in [-0.25, -0.2) is 0 Å². The zero-order valence-corrected chi connectivity index (χ0v) is 15.5. The van der Waals surface area contributed by atoms with Gasteiger partial charge in [-0.3, -0.25) is 19.8 Å². The Morgan fingerprint density at radius 2 is 1.96 bits per heavy atom. The molecule has 5 nitrogen and oxygen atoms in total. The fourth-order valence-electron chi connectivity index (χ4n) is 2.76. The molecule has 2 aromatic rings. The van der Waals surface area contributed by atoms with Crippen molar-refractivity contribution in [1.82, 2.24) is 14.8 Å². The molecule has 1 aromatic carbocycles. The van der Waals surface area contributed by atoms with E-state index in [0.717, 1.165) is 11.4 Å². The number of nitrogens with zero attached hydrogens (tertiary/aromatic N) is 2. The highest BCUT2D eigenvalue weighted by molar-refractivity contribution is 7.80. The average Bonchev–Trinajstić information content (AvgIpc) is 3.06. The quantitative estimate of drug-likeness (QED) is 0.392. The molecular weight excluding hydrogens is 346 g/mol. The minimum atomic E-state index is -0.492. The molecule has 2 amide bonds. The molecule has 2 heterocycles. The summed E-state index contributed by atoms with van der Waals surface area (Å²) in [6, 6.07) is 9.85. The number of rotatable bonds is 4. The Morgan fingerprint density at radius 3 is 2.65 bits per heavy atom. The number of nitrogens with one attached hydrogen (secondary N) is 1. The number of aromatic nitrogens is 1. The number of carbonyl (C=O) groups excluding carboxylic acids is 2. The van der Waals surface area contributed by atoms with Crippen LogP contribution in [0.3, 0.4) is 0 Å². The second-order valence-corrected chi connectivity index (χ2v) is 6.48. The second kappa shape index (κ2) is 7.09. The molecule has 1 aromatic heterocycles. The van der Waals surface area contributed by atoms with Crippen LogP contribution in [0.4, 0.5) is 0 Å². The molecule has 0 saturated carbocycles. The van der Waals surface area contributed by atoms with Gasteiger partial charge < -0.3 is 4.57 Å². The molecule has 0 unspecified atom stereocenters. The van der Waals surface area contributed by atoms with Crippen LogP contribution in [-0.4, -0.2) is 32.9 Å². The van der Waals surface area contributed by atoms with Crippen LogP contribution in [0.15, 0.2) is 54.8 Å². The molecular formula is C20H19N3O2S. The molecule has 6 heteroatoms.